The summed E-state index contributed by atoms with van der Waals surface area (Å²) in [6, 6.07) is -0.712. The van der Waals surface area contributed by atoms with Crippen molar-refractivity contribution in [1.82, 2.24) is 10.6 Å². The van der Waals surface area contributed by atoms with Crippen molar-refractivity contribution in [3.05, 3.63) is 0 Å². The molecule has 0 rings (SSSR count). The van der Waals surface area contributed by atoms with Crippen LogP contribution in [0, 0.1) is 5.41 Å². The number of hydrogen-bond acceptors (Lipinski definition) is 4. The molecule has 0 saturated carbocycles. The van der Waals surface area contributed by atoms with Crippen molar-refractivity contribution < 1.29 is 14.3 Å². The van der Waals surface area contributed by atoms with Gasteiger partial charge < -0.3 is 15.4 Å². The standard InChI is InChI=1S/C11H21N3O3/c1-4-6-7-17-11(16)13-8(3)10(15)14-9(12)5-2/h8H,4-7H2,1-3H3,(H,13,16)(H2,12,14,15)/t8-/m0/s1. The van der Waals surface area contributed by atoms with E-state index in [4.69, 9.17) is 10.1 Å². The quantitative estimate of drug-likeness (QED) is 0.374. The first-order chi connectivity index (χ1) is 8.01. The van der Waals surface area contributed by atoms with Crippen molar-refractivity contribution in [3.8, 4) is 0 Å². The van der Waals surface area contributed by atoms with Crippen molar-refractivity contribution in [1.29, 1.82) is 5.41 Å². The van der Waals surface area contributed by atoms with E-state index >= 15 is 0 Å². The van der Waals surface area contributed by atoms with Gasteiger partial charge in [-0.25, -0.2) is 4.79 Å². The minimum Gasteiger partial charge on any atom is -0.450 e. The Labute approximate surface area is 102 Å². The average Bonchev–Trinajstić information content (AvgIpc) is 2.28. The second kappa shape index (κ2) is 8.55. The predicted octanol–water partition coefficient (Wildman–Crippen LogP) is 1.40. The third kappa shape index (κ3) is 7.32. The van der Waals surface area contributed by atoms with E-state index in [1.807, 2.05) is 6.92 Å². The summed E-state index contributed by atoms with van der Waals surface area (Å²) in [6.45, 7) is 5.65. The summed E-state index contributed by atoms with van der Waals surface area (Å²) in [5.74, 6) is -0.285. The lowest BCUT2D eigenvalue weighted by atomic mass is 10.3. The highest BCUT2D eigenvalue weighted by molar-refractivity contribution is 5.99. The smallest absolute Gasteiger partial charge is 0.407 e. The molecule has 0 aliphatic carbocycles. The van der Waals surface area contributed by atoms with Gasteiger partial charge in [0.15, 0.2) is 0 Å². The van der Waals surface area contributed by atoms with Gasteiger partial charge in [0.1, 0.15) is 6.04 Å². The van der Waals surface area contributed by atoms with E-state index in [1.54, 1.807) is 13.8 Å². The highest BCUT2D eigenvalue weighted by Crippen LogP contribution is 1.90. The van der Waals surface area contributed by atoms with Gasteiger partial charge in [0.25, 0.3) is 0 Å². The first-order valence-corrected chi connectivity index (χ1v) is 5.82. The lowest BCUT2D eigenvalue weighted by Gasteiger charge is -2.14. The van der Waals surface area contributed by atoms with Gasteiger partial charge in [-0.2, -0.15) is 0 Å². The molecule has 0 unspecified atom stereocenters. The van der Waals surface area contributed by atoms with Gasteiger partial charge in [-0.1, -0.05) is 20.3 Å². The van der Waals surface area contributed by atoms with Gasteiger partial charge in [-0.15, -0.1) is 0 Å². The summed E-state index contributed by atoms with van der Waals surface area (Å²) >= 11 is 0. The number of rotatable bonds is 6. The van der Waals surface area contributed by atoms with Crippen LogP contribution in [0.1, 0.15) is 40.0 Å². The molecule has 1 atom stereocenters. The molecule has 3 N–H and O–H groups in total. The number of nitrogens with one attached hydrogen (secondary N) is 3. The summed E-state index contributed by atoms with van der Waals surface area (Å²) in [6.07, 6.45) is 1.58. The van der Waals surface area contributed by atoms with Crippen LogP contribution in [0.25, 0.3) is 0 Å². The Morgan fingerprint density at radius 2 is 2.00 bits per heavy atom. The van der Waals surface area contributed by atoms with E-state index in [2.05, 4.69) is 10.6 Å². The number of alkyl carbamates (subject to hydrolysis) is 1. The minimum absolute atomic E-state index is 0.128. The molecule has 0 aromatic heterocycles. The maximum atomic E-state index is 11.5. The van der Waals surface area contributed by atoms with Crippen LogP contribution < -0.4 is 10.6 Å². The maximum absolute atomic E-state index is 11.5. The molecule has 98 valence electrons. The molecule has 0 aliphatic rings. The molecule has 0 fully saturated rings. The average molecular weight is 243 g/mol. The molecule has 2 amide bonds. The zero-order valence-electron chi connectivity index (χ0n) is 10.6. The summed E-state index contributed by atoms with van der Waals surface area (Å²) in [7, 11) is 0. The SMILES string of the molecule is CCCCOC(=O)N[C@@H](C)C(=O)NC(=N)CC. The number of ether oxygens (including phenoxy) is 1. The first-order valence-electron chi connectivity index (χ1n) is 5.82. The van der Waals surface area contributed by atoms with E-state index < -0.39 is 18.0 Å². The van der Waals surface area contributed by atoms with Crippen molar-refractivity contribution in [2.75, 3.05) is 6.61 Å². The molecular weight excluding hydrogens is 222 g/mol. The van der Waals surface area contributed by atoms with Gasteiger partial charge in [0, 0.05) is 6.42 Å². The number of carbonyl (C=O) groups excluding carboxylic acids is 2. The van der Waals surface area contributed by atoms with E-state index in [9.17, 15) is 9.59 Å². The third-order valence-electron chi connectivity index (χ3n) is 2.09. The molecule has 6 heteroatoms. The van der Waals surface area contributed by atoms with Crippen LogP contribution in [-0.4, -0.2) is 30.5 Å². The molecule has 6 nitrogen and oxygen atoms in total. The summed E-state index contributed by atoms with van der Waals surface area (Å²) in [4.78, 5) is 22.7. The van der Waals surface area contributed by atoms with E-state index in [-0.39, 0.29) is 5.84 Å². The highest BCUT2D eigenvalue weighted by Gasteiger charge is 2.16. The summed E-state index contributed by atoms with van der Waals surface area (Å²) in [5.41, 5.74) is 0. The van der Waals surface area contributed by atoms with Gasteiger partial charge in [0.05, 0.1) is 12.4 Å². The topological polar surface area (TPSA) is 91.3 Å². The Balaban J connectivity index is 3.90. The second-order valence-corrected chi connectivity index (χ2v) is 3.68. The third-order valence-corrected chi connectivity index (χ3v) is 2.09. The highest BCUT2D eigenvalue weighted by atomic mass is 16.5. The molecule has 17 heavy (non-hydrogen) atoms. The minimum atomic E-state index is -0.712. The van der Waals surface area contributed by atoms with E-state index in [0.29, 0.717) is 13.0 Å². The zero-order valence-corrected chi connectivity index (χ0v) is 10.6. The van der Waals surface area contributed by atoms with Crippen molar-refractivity contribution in [2.24, 2.45) is 0 Å². The zero-order chi connectivity index (χ0) is 13.3. The number of unbranched alkanes of at least 4 members (excludes halogenated alkanes) is 1. The number of amides is 2. The Morgan fingerprint density at radius 1 is 1.35 bits per heavy atom. The molecule has 0 aliphatic heterocycles. The van der Waals surface area contributed by atoms with Crippen LogP contribution in [0.4, 0.5) is 4.79 Å². The number of carbonyl (C=O) groups is 2. The molecule has 0 aromatic rings. The van der Waals surface area contributed by atoms with Crippen LogP contribution in [0.5, 0.6) is 0 Å². The fourth-order valence-electron chi connectivity index (χ4n) is 0.939. The Morgan fingerprint density at radius 3 is 2.53 bits per heavy atom. The van der Waals surface area contributed by atoms with E-state index in [0.717, 1.165) is 12.8 Å². The summed E-state index contributed by atoms with van der Waals surface area (Å²) in [5, 5.41) is 12.1. The fourth-order valence-corrected chi connectivity index (χ4v) is 0.939. The van der Waals surface area contributed by atoms with Crippen molar-refractivity contribution in [3.63, 3.8) is 0 Å². The molecule has 0 saturated heterocycles. The fraction of sp³-hybridized carbons (Fsp3) is 0.727. The molecular formula is C11H21N3O3. The van der Waals surface area contributed by atoms with Crippen LogP contribution >= 0.6 is 0 Å². The van der Waals surface area contributed by atoms with E-state index in [1.165, 1.54) is 0 Å². The monoisotopic (exact) mass is 243 g/mol. The molecule has 0 aromatic carbocycles. The van der Waals surface area contributed by atoms with Crippen LogP contribution in [0.2, 0.25) is 0 Å². The lowest BCUT2D eigenvalue weighted by molar-refractivity contribution is -0.121. The molecule has 0 heterocycles. The van der Waals surface area contributed by atoms with Crippen molar-refractivity contribution in [2.45, 2.75) is 46.1 Å². The Kier molecular flexibility index (Phi) is 7.75. The second-order valence-electron chi connectivity index (χ2n) is 3.68. The van der Waals surface area contributed by atoms with Gasteiger partial charge in [-0.3, -0.25) is 10.2 Å². The number of hydrogen-bond donors (Lipinski definition) is 3. The summed E-state index contributed by atoms with van der Waals surface area (Å²) < 4.78 is 4.85. The van der Waals surface area contributed by atoms with Gasteiger partial charge in [-0.05, 0) is 13.3 Å². The largest absolute Gasteiger partial charge is 0.450 e. The number of amidine groups is 1. The molecule has 0 spiro atoms. The first kappa shape index (κ1) is 15.4. The van der Waals surface area contributed by atoms with Gasteiger partial charge in [0.2, 0.25) is 5.91 Å². The molecule has 0 bridgehead atoms. The van der Waals surface area contributed by atoms with Crippen LogP contribution in [0.3, 0.4) is 0 Å². The normalized spacial score (nSPS) is 11.5. The van der Waals surface area contributed by atoms with Crippen LogP contribution in [-0.2, 0) is 9.53 Å². The van der Waals surface area contributed by atoms with Crippen LogP contribution in [0.15, 0.2) is 0 Å². The predicted molar refractivity (Wildman–Crippen MR) is 65.0 cm³/mol. The molecule has 0 radical (unpaired) electrons. The van der Waals surface area contributed by atoms with Crippen molar-refractivity contribution >= 4 is 17.8 Å². The Hall–Kier alpha value is -1.59. The maximum Gasteiger partial charge on any atom is 0.407 e. The lowest BCUT2D eigenvalue weighted by Crippen LogP contribution is -2.46. The Bertz CT molecular complexity index is 279. The van der Waals surface area contributed by atoms with Gasteiger partial charge >= 0.3 is 6.09 Å².